The molecule has 1 saturated heterocycles. The number of aryl methyl sites for hydroxylation is 2. The van der Waals surface area contributed by atoms with Crippen molar-refractivity contribution >= 4 is 17.2 Å². The maximum absolute atomic E-state index is 12.8. The summed E-state index contributed by atoms with van der Waals surface area (Å²) in [6, 6.07) is 2.59. The Hall–Kier alpha value is -0.870. The lowest BCUT2D eigenvalue weighted by Crippen LogP contribution is -2.58. The molecule has 0 saturated carbocycles. The average Bonchev–Trinajstić information content (AvgIpc) is 2.67. The lowest BCUT2D eigenvalue weighted by molar-refractivity contribution is 0.0620. The molecule has 1 amide bonds. The van der Waals surface area contributed by atoms with E-state index in [1.165, 1.54) is 36.1 Å². The summed E-state index contributed by atoms with van der Waals surface area (Å²) in [6.07, 6.45) is 7.27. The standard InChI is InChI=1S/C16H24N2OS/c1-2-8-18(13-10-17-11-13)16(19)15-9-12-6-4-3-5-7-14(12)20-15/h9,13,17H,2-8,10-11H2,1H3. The van der Waals surface area contributed by atoms with Gasteiger partial charge in [-0.2, -0.15) is 0 Å². The Morgan fingerprint density at radius 2 is 2.15 bits per heavy atom. The topological polar surface area (TPSA) is 32.3 Å². The van der Waals surface area contributed by atoms with Crippen LogP contribution in [0.15, 0.2) is 6.07 Å². The summed E-state index contributed by atoms with van der Waals surface area (Å²) in [4.78, 5) is 17.3. The van der Waals surface area contributed by atoms with E-state index in [2.05, 4.69) is 23.2 Å². The van der Waals surface area contributed by atoms with Crippen molar-refractivity contribution in [2.75, 3.05) is 19.6 Å². The fraction of sp³-hybridized carbons (Fsp3) is 0.688. The molecule has 0 spiro atoms. The summed E-state index contributed by atoms with van der Waals surface area (Å²) in [6.45, 7) is 4.94. The third kappa shape index (κ3) is 2.77. The van der Waals surface area contributed by atoms with Crippen molar-refractivity contribution in [2.45, 2.75) is 51.5 Å². The largest absolute Gasteiger partial charge is 0.332 e. The van der Waals surface area contributed by atoms with Crippen LogP contribution in [0.25, 0.3) is 0 Å². The van der Waals surface area contributed by atoms with Crippen LogP contribution in [0.1, 0.15) is 52.7 Å². The van der Waals surface area contributed by atoms with E-state index in [1.54, 1.807) is 11.3 Å². The van der Waals surface area contributed by atoms with Crippen molar-refractivity contribution in [2.24, 2.45) is 0 Å². The van der Waals surface area contributed by atoms with Gasteiger partial charge in [0, 0.05) is 24.5 Å². The zero-order chi connectivity index (χ0) is 13.9. The Bertz CT molecular complexity index is 455. The first-order chi connectivity index (χ1) is 9.79. The SMILES string of the molecule is CCCN(C(=O)c1cc2c(s1)CCCCC2)C1CNC1. The molecule has 1 aromatic heterocycles. The van der Waals surface area contributed by atoms with Crippen LogP contribution in [0.2, 0.25) is 0 Å². The number of nitrogens with zero attached hydrogens (tertiary/aromatic N) is 1. The van der Waals surface area contributed by atoms with Gasteiger partial charge in [0.05, 0.1) is 10.9 Å². The molecule has 1 N–H and O–H groups in total. The lowest BCUT2D eigenvalue weighted by Gasteiger charge is -2.38. The van der Waals surface area contributed by atoms with Crippen LogP contribution in [-0.2, 0) is 12.8 Å². The second kappa shape index (κ2) is 6.27. The van der Waals surface area contributed by atoms with E-state index in [-0.39, 0.29) is 5.91 Å². The van der Waals surface area contributed by atoms with Gasteiger partial charge in [0.15, 0.2) is 0 Å². The Morgan fingerprint density at radius 3 is 2.85 bits per heavy atom. The third-order valence-corrected chi connectivity index (χ3v) is 5.61. The molecule has 3 rings (SSSR count). The zero-order valence-corrected chi connectivity index (χ0v) is 13.1. The number of nitrogens with one attached hydrogen (secondary N) is 1. The van der Waals surface area contributed by atoms with E-state index >= 15 is 0 Å². The monoisotopic (exact) mass is 292 g/mol. The van der Waals surface area contributed by atoms with Crippen molar-refractivity contribution in [3.05, 3.63) is 21.4 Å². The van der Waals surface area contributed by atoms with Crippen LogP contribution < -0.4 is 5.32 Å². The minimum absolute atomic E-state index is 0.261. The first kappa shape index (κ1) is 14.1. The molecule has 1 aliphatic carbocycles. The van der Waals surface area contributed by atoms with E-state index in [1.807, 2.05) is 0 Å². The highest BCUT2D eigenvalue weighted by Gasteiger charge is 2.30. The summed E-state index contributed by atoms with van der Waals surface area (Å²) >= 11 is 1.75. The summed E-state index contributed by atoms with van der Waals surface area (Å²) < 4.78 is 0. The number of carbonyl (C=O) groups excluding carboxylic acids is 1. The fourth-order valence-corrected chi connectivity index (χ4v) is 4.31. The molecule has 20 heavy (non-hydrogen) atoms. The number of fused-ring (bicyclic) bond motifs is 1. The maximum atomic E-state index is 12.8. The molecule has 0 bridgehead atoms. The molecule has 110 valence electrons. The van der Waals surface area contributed by atoms with Crippen molar-refractivity contribution in [1.29, 1.82) is 0 Å². The van der Waals surface area contributed by atoms with Crippen molar-refractivity contribution in [3.8, 4) is 0 Å². The summed E-state index contributed by atoms with van der Waals surface area (Å²) in [5.41, 5.74) is 1.44. The first-order valence-electron chi connectivity index (χ1n) is 7.93. The number of amides is 1. The van der Waals surface area contributed by atoms with E-state index < -0.39 is 0 Å². The fourth-order valence-electron chi connectivity index (χ4n) is 3.10. The lowest BCUT2D eigenvalue weighted by atomic mass is 10.1. The van der Waals surface area contributed by atoms with Crippen LogP contribution in [0.5, 0.6) is 0 Å². The molecule has 2 heterocycles. The molecule has 4 heteroatoms. The molecule has 1 fully saturated rings. The van der Waals surface area contributed by atoms with Gasteiger partial charge in [-0.15, -0.1) is 11.3 Å². The molecule has 2 aliphatic rings. The van der Waals surface area contributed by atoms with Gasteiger partial charge in [0.2, 0.25) is 0 Å². The zero-order valence-electron chi connectivity index (χ0n) is 12.3. The van der Waals surface area contributed by atoms with Gasteiger partial charge in [-0.3, -0.25) is 4.79 Å². The summed E-state index contributed by atoms with van der Waals surface area (Å²) in [5.74, 6) is 0.261. The maximum Gasteiger partial charge on any atom is 0.264 e. The quantitative estimate of drug-likeness (QED) is 0.866. The van der Waals surface area contributed by atoms with Gasteiger partial charge in [0.25, 0.3) is 5.91 Å². The van der Waals surface area contributed by atoms with Crippen molar-refractivity contribution in [3.63, 3.8) is 0 Å². The number of carbonyl (C=O) groups is 1. The molecule has 3 nitrogen and oxygen atoms in total. The predicted molar refractivity (Wildman–Crippen MR) is 83.6 cm³/mol. The van der Waals surface area contributed by atoms with E-state index in [0.29, 0.717) is 6.04 Å². The summed E-state index contributed by atoms with van der Waals surface area (Å²) in [7, 11) is 0. The molecule has 0 atom stereocenters. The highest BCUT2D eigenvalue weighted by atomic mass is 32.1. The van der Waals surface area contributed by atoms with E-state index in [4.69, 9.17) is 0 Å². The highest BCUT2D eigenvalue weighted by Crippen LogP contribution is 2.30. The van der Waals surface area contributed by atoms with Gasteiger partial charge in [-0.1, -0.05) is 13.3 Å². The van der Waals surface area contributed by atoms with Crippen molar-refractivity contribution < 1.29 is 4.79 Å². The van der Waals surface area contributed by atoms with Crippen LogP contribution in [0, 0.1) is 0 Å². The third-order valence-electron chi connectivity index (χ3n) is 4.38. The Labute approximate surface area is 125 Å². The summed E-state index contributed by atoms with van der Waals surface area (Å²) in [5, 5.41) is 3.27. The highest BCUT2D eigenvalue weighted by molar-refractivity contribution is 7.14. The van der Waals surface area contributed by atoms with E-state index in [0.717, 1.165) is 37.4 Å². The Kier molecular flexibility index (Phi) is 4.41. The number of hydrogen-bond donors (Lipinski definition) is 1. The minimum Gasteiger partial charge on any atom is -0.332 e. The van der Waals surface area contributed by atoms with Gasteiger partial charge in [-0.05, 0) is 43.7 Å². The molecular formula is C16H24N2OS. The molecule has 1 aliphatic heterocycles. The van der Waals surface area contributed by atoms with Gasteiger partial charge >= 0.3 is 0 Å². The smallest absolute Gasteiger partial charge is 0.264 e. The van der Waals surface area contributed by atoms with Crippen LogP contribution >= 0.6 is 11.3 Å². The molecule has 0 unspecified atom stereocenters. The number of thiophene rings is 1. The van der Waals surface area contributed by atoms with Gasteiger partial charge < -0.3 is 10.2 Å². The minimum atomic E-state index is 0.261. The average molecular weight is 292 g/mol. The number of hydrogen-bond acceptors (Lipinski definition) is 3. The van der Waals surface area contributed by atoms with Crippen LogP contribution in [0.3, 0.4) is 0 Å². The predicted octanol–water partition coefficient (Wildman–Crippen LogP) is 2.84. The van der Waals surface area contributed by atoms with E-state index in [9.17, 15) is 4.79 Å². The van der Waals surface area contributed by atoms with Crippen LogP contribution in [0.4, 0.5) is 0 Å². The molecular weight excluding hydrogens is 268 g/mol. The molecule has 0 aromatic carbocycles. The second-order valence-corrected chi connectivity index (χ2v) is 7.07. The van der Waals surface area contributed by atoms with Crippen LogP contribution in [-0.4, -0.2) is 36.5 Å². The first-order valence-corrected chi connectivity index (χ1v) is 8.74. The molecule has 0 radical (unpaired) electrons. The normalized spacial score (nSPS) is 19.1. The van der Waals surface area contributed by atoms with Gasteiger partial charge in [0.1, 0.15) is 0 Å². The van der Waals surface area contributed by atoms with Crippen molar-refractivity contribution in [1.82, 2.24) is 10.2 Å². The Balaban J connectivity index is 1.78. The molecule has 1 aromatic rings. The van der Waals surface area contributed by atoms with Gasteiger partial charge in [-0.25, -0.2) is 0 Å². The second-order valence-electron chi connectivity index (χ2n) is 5.93. The number of rotatable bonds is 4. The Morgan fingerprint density at radius 1 is 1.35 bits per heavy atom.